The number of ether oxygens (including phenoxy) is 1. The van der Waals surface area contributed by atoms with Crippen molar-refractivity contribution >= 4 is 67.2 Å². The molecular formula is C31H30Cl2N2O5S. The Labute approximate surface area is 250 Å². The molecule has 0 aromatic heterocycles. The highest BCUT2D eigenvalue weighted by molar-refractivity contribution is 7.92. The van der Waals surface area contributed by atoms with Gasteiger partial charge in [-0.25, -0.2) is 8.42 Å². The smallest absolute Gasteiger partial charge is 0.326 e. The maximum Gasteiger partial charge on any atom is 0.326 e. The van der Waals surface area contributed by atoms with Gasteiger partial charge < -0.3 is 9.64 Å². The van der Waals surface area contributed by atoms with Crippen LogP contribution in [0.3, 0.4) is 0 Å². The van der Waals surface area contributed by atoms with Crippen molar-refractivity contribution in [3.8, 4) is 0 Å². The molecule has 0 aliphatic carbocycles. The van der Waals surface area contributed by atoms with E-state index in [4.69, 9.17) is 27.9 Å². The maximum atomic E-state index is 13.8. The molecule has 0 N–H and O–H groups in total. The number of carbonyl (C=O) groups excluding carboxylic acids is 2. The lowest BCUT2D eigenvalue weighted by Crippen LogP contribution is -2.36. The number of hydrogen-bond donors (Lipinski definition) is 0. The van der Waals surface area contributed by atoms with Crippen LogP contribution < -0.4 is 9.21 Å². The number of sulfonamides is 1. The summed E-state index contributed by atoms with van der Waals surface area (Å²) in [6.45, 7) is 3.95. The van der Waals surface area contributed by atoms with E-state index >= 15 is 0 Å². The molecule has 0 heterocycles. The van der Waals surface area contributed by atoms with Crippen molar-refractivity contribution in [2.75, 3.05) is 28.9 Å². The molecule has 0 radical (unpaired) electrons. The molecule has 41 heavy (non-hydrogen) atoms. The molecule has 0 saturated carbocycles. The molecule has 4 rings (SSSR count). The predicted molar refractivity (Wildman–Crippen MR) is 165 cm³/mol. The minimum absolute atomic E-state index is 0.141. The van der Waals surface area contributed by atoms with Crippen molar-refractivity contribution in [2.24, 2.45) is 0 Å². The number of hydrogen-bond acceptors (Lipinski definition) is 5. The van der Waals surface area contributed by atoms with Crippen LogP contribution in [0.4, 0.5) is 11.4 Å². The fraction of sp³-hybridized carbons (Fsp3) is 0.226. The van der Waals surface area contributed by atoms with Crippen molar-refractivity contribution < 1.29 is 22.7 Å². The van der Waals surface area contributed by atoms with Crippen LogP contribution in [0.25, 0.3) is 10.8 Å². The van der Waals surface area contributed by atoms with Crippen LogP contribution in [0.15, 0.2) is 89.8 Å². The number of para-hydroxylation sites is 1. The minimum Gasteiger partial charge on any atom is -0.464 e. The summed E-state index contributed by atoms with van der Waals surface area (Å²) in [5.41, 5.74) is 1.46. The van der Waals surface area contributed by atoms with Crippen molar-refractivity contribution in [1.29, 1.82) is 0 Å². The monoisotopic (exact) mass is 612 g/mol. The Morgan fingerprint density at radius 2 is 1.54 bits per heavy atom. The topological polar surface area (TPSA) is 84.0 Å². The number of unbranched alkanes of at least 4 members (excludes halogenated alkanes) is 1. The van der Waals surface area contributed by atoms with E-state index in [0.717, 1.165) is 16.4 Å². The molecular weight excluding hydrogens is 583 g/mol. The molecule has 0 unspecified atom stereocenters. The van der Waals surface area contributed by atoms with E-state index in [1.165, 1.54) is 18.2 Å². The Kier molecular flexibility index (Phi) is 9.91. The first-order valence-corrected chi connectivity index (χ1v) is 15.4. The van der Waals surface area contributed by atoms with Gasteiger partial charge >= 0.3 is 5.97 Å². The highest BCUT2D eigenvalue weighted by atomic mass is 35.5. The van der Waals surface area contributed by atoms with Gasteiger partial charge in [0.25, 0.3) is 15.9 Å². The second-order valence-corrected chi connectivity index (χ2v) is 12.0. The second-order valence-electron chi connectivity index (χ2n) is 9.29. The minimum atomic E-state index is -4.28. The Morgan fingerprint density at radius 1 is 0.829 bits per heavy atom. The quantitative estimate of drug-likeness (QED) is 0.131. The number of amides is 1. The third kappa shape index (κ3) is 7.01. The fourth-order valence-corrected chi connectivity index (χ4v) is 6.55. The summed E-state index contributed by atoms with van der Waals surface area (Å²) in [7, 11) is -4.28. The number of benzene rings is 4. The van der Waals surface area contributed by atoms with Crippen LogP contribution in [0, 0.1) is 0 Å². The summed E-state index contributed by atoms with van der Waals surface area (Å²) in [6, 6.07) is 23.5. The number of rotatable bonds is 11. The molecule has 0 bridgehead atoms. The molecule has 0 atom stereocenters. The number of anilines is 2. The first kappa shape index (κ1) is 30.4. The first-order valence-electron chi connectivity index (χ1n) is 13.2. The van der Waals surface area contributed by atoms with Crippen LogP contribution in [0.1, 0.15) is 37.0 Å². The Hall–Kier alpha value is -3.59. The number of carbonyl (C=O) groups is 2. The standard InChI is InChI=1S/C31H30Cl2N2O5S/c1-3-5-16-40-30(36)21-35(41(38,39)27-19-23(32)18-24(33)20-27)26-14-15-28-22(17-26)10-9-13-29(28)31(37)34(4-2)25-11-7-6-8-12-25/h6-15,17-20H,3-5,16,21H2,1-2H3. The lowest BCUT2D eigenvalue weighted by molar-refractivity contribution is -0.141. The van der Waals surface area contributed by atoms with E-state index in [9.17, 15) is 18.0 Å². The van der Waals surface area contributed by atoms with E-state index in [-0.39, 0.29) is 33.1 Å². The van der Waals surface area contributed by atoms with Crippen LogP contribution in [0.5, 0.6) is 0 Å². The summed E-state index contributed by atoms with van der Waals surface area (Å²) in [5, 5.41) is 1.55. The van der Waals surface area contributed by atoms with Gasteiger partial charge in [0.05, 0.1) is 17.2 Å². The third-order valence-electron chi connectivity index (χ3n) is 6.47. The van der Waals surface area contributed by atoms with Crippen molar-refractivity contribution in [3.05, 3.63) is 101 Å². The van der Waals surface area contributed by atoms with Crippen molar-refractivity contribution in [3.63, 3.8) is 0 Å². The molecule has 0 saturated heterocycles. The highest BCUT2D eigenvalue weighted by Crippen LogP contribution is 2.32. The van der Waals surface area contributed by atoms with Crippen LogP contribution in [0.2, 0.25) is 10.0 Å². The third-order valence-corrected chi connectivity index (χ3v) is 8.66. The molecule has 0 spiro atoms. The van der Waals surface area contributed by atoms with Crippen LogP contribution >= 0.6 is 23.2 Å². The molecule has 0 fully saturated rings. The average molecular weight is 614 g/mol. The largest absolute Gasteiger partial charge is 0.464 e. The van der Waals surface area contributed by atoms with E-state index < -0.39 is 22.5 Å². The van der Waals surface area contributed by atoms with Crippen molar-refractivity contribution in [1.82, 2.24) is 0 Å². The van der Waals surface area contributed by atoms with Gasteiger partial charge in [-0.2, -0.15) is 0 Å². The molecule has 7 nitrogen and oxygen atoms in total. The summed E-state index contributed by atoms with van der Waals surface area (Å²) in [5.74, 6) is -0.879. The zero-order valence-electron chi connectivity index (χ0n) is 22.7. The summed E-state index contributed by atoms with van der Waals surface area (Å²) >= 11 is 12.2. The summed E-state index contributed by atoms with van der Waals surface area (Å²) < 4.78 is 33.9. The van der Waals surface area contributed by atoms with E-state index in [2.05, 4.69) is 0 Å². The molecule has 0 aliphatic heterocycles. The summed E-state index contributed by atoms with van der Waals surface area (Å²) in [6.07, 6.45) is 1.48. The van der Waals surface area contributed by atoms with E-state index in [1.54, 1.807) is 41.3 Å². The van der Waals surface area contributed by atoms with Crippen molar-refractivity contribution in [2.45, 2.75) is 31.6 Å². The van der Waals surface area contributed by atoms with E-state index in [1.807, 2.05) is 44.2 Å². The normalized spacial score (nSPS) is 11.3. The zero-order chi connectivity index (χ0) is 29.6. The van der Waals surface area contributed by atoms with Gasteiger partial charge in [0.1, 0.15) is 6.54 Å². The van der Waals surface area contributed by atoms with Crippen LogP contribution in [-0.4, -0.2) is 40.0 Å². The molecule has 4 aromatic carbocycles. The average Bonchev–Trinajstić information content (AvgIpc) is 2.95. The SMILES string of the molecule is CCCCOC(=O)CN(c1ccc2c(C(=O)N(CC)c3ccccc3)cccc2c1)S(=O)(=O)c1cc(Cl)cc(Cl)c1. The van der Waals surface area contributed by atoms with Gasteiger partial charge in [0, 0.05) is 27.8 Å². The second kappa shape index (κ2) is 13.4. The molecule has 4 aromatic rings. The lowest BCUT2D eigenvalue weighted by Gasteiger charge is -2.25. The number of halogens is 2. The van der Waals surface area contributed by atoms with Gasteiger partial charge in [-0.05, 0) is 72.6 Å². The first-order chi connectivity index (χ1) is 19.6. The van der Waals surface area contributed by atoms with Crippen LogP contribution in [-0.2, 0) is 19.6 Å². The van der Waals surface area contributed by atoms with E-state index in [0.29, 0.717) is 29.3 Å². The maximum absolute atomic E-state index is 13.8. The summed E-state index contributed by atoms with van der Waals surface area (Å²) in [4.78, 5) is 27.9. The number of nitrogens with zero attached hydrogens (tertiary/aromatic N) is 2. The Morgan fingerprint density at radius 3 is 2.20 bits per heavy atom. The predicted octanol–water partition coefficient (Wildman–Crippen LogP) is 7.35. The molecule has 0 aliphatic rings. The van der Waals surface area contributed by atoms with Gasteiger partial charge in [0.2, 0.25) is 0 Å². The lowest BCUT2D eigenvalue weighted by atomic mass is 10.0. The molecule has 1 amide bonds. The Bertz CT molecular complexity index is 1640. The van der Waals surface area contributed by atoms with Gasteiger partial charge in [0.15, 0.2) is 0 Å². The highest BCUT2D eigenvalue weighted by Gasteiger charge is 2.29. The number of esters is 1. The molecule has 214 valence electrons. The molecule has 10 heteroatoms. The van der Waals surface area contributed by atoms with Gasteiger partial charge in [-0.3, -0.25) is 13.9 Å². The van der Waals surface area contributed by atoms with Gasteiger partial charge in [-0.15, -0.1) is 0 Å². The van der Waals surface area contributed by atoms with Gasteiger partial charge in [-0.1, -0.05) is 72.9 Å². The fourth-order valence-electron chi connectivity index (χ4n) is 4.42. The number of fused-ring (bicyclic) bond motifs is 1. The zero-order valence-corrected chi connectivity index (χ0v) is 25.0. The Balaban J connectivity index is 1.77.